The summed E-state index contributed by atoms with van der Waals surface area (Å²) in [7, 11) is 1.06. The molecule has 126 valence electrons. The number of nitrogens with one attached hydrogen (secondary N) is 1. The molecule has 1 aromatic carbocycles. The summed E-state index contributed by atoms with van der Waals surface area (Å²) in [4.78, 5) is 23.0. The van der Waals surface area contributed by atoms with Crippen molar-refractivity contribution in [1.82, 2.24) is 0 Å². The number of carbonyl (C=O) groups is 2. The van der Waals surface area contributed by atoms with Crippen LogP contribution >= 0.6 is 0 Å². The number of rotatable bonds is 4. The fourth-order valence-corrected chi connectivity index (χ4v) is 1.53. The Morgan fingerprint density at radius 3 is 2.39 bits per heavy atom. The number of halogens is 4. The van der Waals surface area contributed by atoms with Gasteiger partial charge in [0.25, 0.3) is 0 Å². The van der Waals surface area contributed by atoms with Gasteiger partial charge in [-0.05, 0) is 30.7 Å². The van der Waals surface area contributed by atoms with Gasteiger partial charge in [0.1, 0.15) is 5.82 Å². The number of methoxy groups -OCH3 is 1. The first-order valence-corrected chi connectivity index (χ1v) is 6.14. The minimum absolute atomic E-state index is 0.155. The van der Waals surface area contributed by atoms with E-state index in [1.807, 2.05) is 5.32 Å². The SMILES string of the molecule is C=C(C)C(OC(=O)Nc1ccc(F)c(C(F)(F)F)c1)C(=O)OC. The lowest BCUT2D eigenvalue weighted by Gasteiger charge is -2.16. The van der Waals surface area contributed by atoms with Gasteiger partial charge in [-0.15, -0.1) is 0 Å². The molecule has 0 saturated heterocycles. The molecule has 1 N–H and O–H groups in total. The van der Waals surface area contributed by atoms with Crippen LogP contribution in [-0.4, -0.2) is 25.3 Å². The highest BCUT2D eigenvalue weighted by Gasteiger charge is 2.34. The molecular weight excluding hydrogens is 322 g/mol. The molecule has 0 spiro atoms. The van der Waals surface area contributed by atoms with Crippen molar-refractivity contribution < 1.29 is 36.6 Å². The van der Waals surface area contributed by atoms with Gasteiger partial charge in [-0.2, -0.15) is 13.2 Å². The molecule has 0 aliphatic carbocycles. The largest absolute Gasteiger partial charge is 0.466 e. The summed E-state index contributed by atoms with van der Waals surface area (Å²) in [6.07, 6.45) is -7.55. The van der Waals surface area contributed by atoms with Gasteiger partial charge in [-0.3, -0.25) is 5.32 Å². The molecule has 1 atom stereocenters. The fourth-order valence-electron chi connectivity index (χ4n) is 1.53. The molecule has 9 heteroatoms. The summed E-state index contributed by atoms with van der Waals surface area (Å²) in [5.41, 5.74) is -1.74. The van der Waals surface area contributed by atoms with Crippen LogP contribution in [0.4, 0.5) is 28.0 Å². The van der Waals surface area contributed by atoms with Crippen LogP contribution in [0.1, 0.15) is 12.5 Å². The Labute approximate surface area is 128 Å². The van der Waals surface area contributed by atoms with Gasteiger partial charge >= 0.3 is 18.2 Å². The molecule has 0 bridgehead atoms. The van der Waals surface area contributed by atoms with Crippen molar-refractivity contribution in [3.63, 3.8) is 0 Å². The van der Waals surface area contributed by atoms with E-state index in [4.69, 9.17) is 4.74 Å². The van der Waals surface area contributed by atoms with Crippen LogP contribution in [-0.2, 0) is 20.4 Å². The maximum atomic E-state index is 13.1. The summed E-state index contributed by atoms with van der Waals surface area (Å²) in [5.74, 6) is -2.38. The standard InChI is InChI=1S/C14H13F4NO4/c1-7(2)11(12(20)22-3)23-13(21)19-8-4-5-10(15)9(6-8)14(16,17)18/h4-6,11H,1H2,2-3H3,(H,19,21). The van der Waals surface area contributed by atoms with E-state index in [9.17, 15) is 27.2 Å². The lowest BCUT2D eigenvalue weighted by molar-refractivity contribution is -0.148. The number of anilines is 1. The first kappa shape index (κ1) is 18.5. The van der Waals surface area contributed by atoms with Crippen molar-refractivity contribution in [1.29, 1.82) is 0 Å². The number of hydrogen-bond acceptors (Lipinski definition) is 4. The average molecular weight is 335 g/mol. The van der Waals surface area contributed by atoms with Crippen molar-refractivity contribution >= 4 is 17.7 Å². The van der Waals surface area contributed by atoms with Crippen LogP contribution in [0.3, 0.4) is 0 Å². The van der Waals surface area contributed by atoms with Gasteiger partial charge in [0, 0.05) is 5.69 Å². The van der Waals surface area contributed by atoms with Crippen molar-refractivity contribution in [2.75, 3.05) is 12.4 Å². The molecule has 0 aliphatic rings. The zero-order valence-electron chi connectivity index (χ0n) is 12.2. The fraction of sp³-hybridized carbons (Fsp3) is 0.286. The molecule has 0 fully saturated rings. The van der Waals surface area contributed by atoms with Gasteiger partial charge in [-0.1, -0.05) is 6.58 Å². The highest BCUT2D eigenvalue weighted by atomic mass is 19.4. The quantitative estimate of drug-likeness (QED) is 0.519. The summed E-state index contributed by atoms with van der Waals surface area (Å²) in [6, 6.07) is 1.87. The van der Waals surface area contributed by atoms with Crippen LogP contribution in [0.5, 0.6) is 0 Å². The van der Waals surface area contributed by atoms with E-state index in [1.54, 1.807) is 0 Å². The van der Waals surface area contributed by atoms with Crippen molar-refractivity contribution in [3.05, 3.63) is 41.7 Å². The number of esters is 1. The zero-order valence-corrected chi connectivity index (χ0v) is 12.2. The second-order valence-electron chi connectivity index (χ2n) is 4.47. The lowest BCUT2D eigenvalue weighted by atomic mass is 10.2. The van der Waals surface area contributed by atoms with E-state index in [0.717, 1.165) is 13.2 Å². The molecule has 23 heavy (non-hydrogen) atoms. The molecule has 0 saturated carbocycles. The van der Waals surface area contributed by atoms with E-state index in [-0.39, 0.29) is 11.3 Å². The first-order valence-electron chi connectivity index (χ1n) is 6.14. The van der Waals surface area contributed by atoms with Crippen LogP contribution in [0, 0.1) is 5.82 Å². The lowest BCUT2D eigenvalue weighted by Crippen LogP contribution is -2.31. The number of benzene rings is 1. The van der Waals surface area contributed by atoms with Crippen LogP contribution < -0.4 is 5.32 Å². The molecule has 0 radical (unpaired) electrons. The molecule has 5 nitrogen and oxygen atoms in total. The topological polar surface area (TPSA) is 64.6 Å². The van der Waals surface area contributed by atoms with Gasteiger partial charge in [-0.25, -0.2) is 14.0 Å². The molecule has 0 aromatic heterocycles. The van der Waals surface area contributed by atoms with Crippen molar-refractivity contribution in [2.45, 2.75) is 19.2 Å². The number of ether oxygens (including phenoxy) is 2. The van der Waals surface area contributed by atoms with E-state index in [0.29, 0.717) is 12.1 Å². The second kappa shape index (κ2) is 7.12. The number of amides is 1. The molecule has 1 rings (SSSR count). The minimum Gasteiger partial charge on any atom is -0.466 e. The monoisotopic (exact) mass is 335 g/mol. The molecule has 1 aromatic rings. The molecular formula is C14H13F4NO4. The minimum atomic E-state index is -4.92. The Morgan fingerprint density at radius 2 is 1.91 bits per heavy atom. The Bertz CT molecular complexity index is 628. The normalized spacial score (nSPS) is 12.3. The zero-order chi connectivity index (χ0) is 17.8. The Morgan fingerprint density at radius 1 is 1.30 bits per heavy atom. The van der Waals surface area contributed by atoms with E-state index >= 15 is 0 Å². The second-order valence-corrected chi connectivity index (χ2v) is 4.47. The van der Waals surface area contributed by atoms with Crippen LogP contribution in [0.2, 0.25) is 0 Å². The maximum Gasteiger partial charge on any atom is 0.419 e. The molecule has 1 unspecified atom stereocenters. The van der Waals surface area contributed by atoms with E-state index < -0.39 is 35.7 Å². The molecule has 0 aliphatic heterocycles. The van der Waals surface area contributed by atoms with E-state index in [1.165, 1.54) is 6.92 Å². The third-order valence-electron chi connectivity index (χ3n) is 2.61. The third kappa shape index (κ3) is 4.97. The molecule has 1 amide bonds. The number of alkyl halides is 3. The van der Waals surface area contributed by atoms with Gasteiger partial charge in [0.2, 0.25) is 6.10 Å². The van der Waals surface area contributed by atoms with Crippen LogP contribution in [0.15, 0.2) is 30.4 Å². The predicted octanol–water partition coefficient (Wildman–Crippen LogP) is 3.51. The Balaban J connectivity index is 2.89. The smallest absolute Gasteiger partial charge is 0.419 e. The maximum absolute atomic E-state index is 13.1. The first-order chi connectivity index (χ1) is 10.6. The van der Waals surface area contributed by atoms with E-state index in [2.05, 4.69) is 11.3 Å². The summed E-state index contributed by atoms with van der Waals surface area (Å²) in [5, 5.41) is 1.97. The predicted molar refractivity (Wildman–Crippen MR) is 72.1 cm³/mol. The summed E-state index contributed by atoms with van der Waals surface area (Å²) in [6.45, 7) is 4.84. The van der Waals surface area contributed by atoms with Crippen molar-refractivity contribution in [3.8, 4) is 0 Å². The third-order valence-corrected chi connectivity index (χ3v) is 2.61. The summed E-state index contributed by atoms with van der Waals surface area (Å²) < 4.78 is 60.0. The van der Waals surface area contributed by atoms with Gasteiger partial charge in [0.05, 0.1) is 12.7 Å². The highest BCUT2D eigenvalue weighted by Crippen LogP contribution is 2.33. The average Bonchev–Trinajstić information content (AvgIpc) is 2.44. The van der Waals surface area contributed by atoms with Crippen LogP contribution in [0.25, 0.3) is 0 Å². The summed E-state index contributed by atoms with van der Waals surface area (Å²) >= 11 is 0. The Hall–Kier alpha value is -2.58. The van der Waals surface area contributed by atoms with Gasteiger partial charge < -0.3 is 9.47 Å². The number of carbonyl (C=O) groups excluding carboxylic acids is 2. The number of hydrogen-bond donors (Lipinski definition) is 1. The van der Waals surface area contributed by atoms with Crippen molar-refractivity contribution in [2.24, 2.45) is 0 Å². The molecule has 0 heterocycles. The highest BCUT2D eigenvalue weighted by molar-refractivity contribution is 5.88. The van der Waals surface area contributed by atoms with Gasteiger partial charge in [0.15, 0.2) is 0 Å². The Kier molecular flexibility index (Phi) is 5.72.